The van der Waals surface area contributed by atoms with Gasteiger partial charge in [-0.15, -0.1) is 10.2 Å². The van der Waals surface area contributed by atoms with Gasteiger partial charge in [-0.1, -0.05) is 259 Å². The first-order valence-corrected chi connectivity index (χ1v) is 33.8. The van der Waals surface area contributed by atoms with Crippen molar-refractivity contribution in [2.24, 2.45) is 0 Å². The average Bonchev–Trinajstić information content (AvgIpc) is 4.03. The van der Waals surface area contributed by atoms with Crippen molar-refractivity contribution in [3.63, 3.8) is 0 Å². The van der Waals surface area contributed by atoms with Crippen LogP contribution in [-0.2, 0) is 13.2 Å². The molecular formula is C71H116N4O7. The van der Waals surface area contributed by atoms with Gasteiger partial charge < -0.3 is 28.4 Å². The molecule has 1 heterocycles. The fraction of sp³-hybridized carbons (Fsp3) is 0.704. The van der Waals surface area contributed by atoms with E-state index in [0.29, 0.717) is 43.5 Å². The molecule has 1 aromatic heterocycles. The minimum Gasteiger partial charge on any atom is -0.493 e. The Balaban J connectivity index is 1.43. The smallest absolute Gasteiger partial charge is 0.270 e. The van der Waals surface area contributed by atoms with E-state index in [1.807, 2.05) is 42.5 Å². The first-order chi connectivity index (χ1) is 40.5. The number of ether oxygens (including phenoxy) is 6. The van der Waals surface area contributed by atoms with E-state index in [2.05, 4.69) is 43.3 Å². The number of aromatic nitrogens is 3. The van der Waals surface area contributed by atoms with Gasteiger partial charge in [0, 0.05) is 23.8 Å². The first kappa shape index (κ1) is 69.6. The number of amides is 1. The van der Waals surface area contributed by atoms with Crippen molar-refractivity contribution in [1.29, 1.82) is 0 Å². The molecule has 0 aliphatic heterocycles. The predicted octanol–water partition coefficient (Wildman–Crippen LogP) is 21.0. The molecule has 11 heteroatoms. The molecule has 0 bridgehead atoms. The maximum atomic E-state index is 13.8. The van der Waals surface area contributed by atoms with Gasteiger partial charge in [-0.2, -0.15) is 0 Å². The van der Waals surface area contributed by atoms with Crippen LogP contribution in [0.5, 0.6) is 34.5 Å². The van der Waals surface area contributed by atoms with Crippen LogP contribution < -0.4 is 33.8 Å². The SMILES string of the molecule is CCCCCCCCCCCCOc1cc(COc2cc(OCc3cc(OCCCCCCCCCCCC)cc(OCCCCCCCCCCCC)c3)cc(C(=O)Nn3cnnc3)c2)cc(OCCCCCCCCCCCC)c1. The van der Waals surface area contributed by atoms with E-state index in [9.17, 15) is 4.79 Å². The van der Waals surface area contributed by atoms with Crippen LogP contribution >= 0.6 is 0 Å². The molecule has 0 saturated carbocycles. The van der Waals surface area contributed by atoms with Crippen LogP contribution in [0, 0.1) is 0 Å². The summed E-state index contributed by atoms with van der Waals surface area (Å²) in [6.45, 7) is 12.2. The molecule has 462 valence electrons. The lowest BCUT2D eigenvalue weighted by atomic mass is 10.1. The third kappa shape index (κ3) is 35.3. The van der Waals surface area contributed by atoms with Crippen molar-refractivity contribution < 1.29 is 33.2 Å². The van der Waals surface area contributed by atoms with Crippen LogP contribution in [0.3, 0.4) is 0 Å². The number of hydrogen-bond acceptors (Lipinski definition) is 9. The molecular weight excluding hydrogens is 1020 g/mol. The van der Waals surface area contributed by atoms with Crippen molar-refractivity contribution in [3.8, 4) is 34.5 Å². The second kappa shape index (κ2) is 48.4. The Morgan fingerprint density at radius 2 is 0.549 bits per heavy atom. The topological polar surface area (TPSA) is 115 Å². The molecule has 0 aliphatic carbocycles. The molecule has 3 aromatic carbocycles. The van der Waals surface area contributed by atoms with Gasteiger partial charge in [0.05, 0.1) is 26.4 Å². The van der Waals surface area contributed by atoms with Crippen LogP contribution in [-0.4, -0.2) is 47.2 Å². The third-order valence-corrected chi connectivity index (χ3v) is 15.5. The molecule has 1 N–H and O–H groups in total. The Bertz CT molecular complexity index is 1920. The molecule has 11 nitrogen and oxygen atoms in total. The number of benzene rings is 3. The summed E-state index contributed by atoms with van der Waals surface area (Å²) in [5.74, 6) is 3.75. The summed E-state index contributed by atoms with van der Waals surface area (Å²) >= 11 is 0. The Labute approximate surface area is 499 Å². The van der Waals surface area contributed by atoms with Gasteiger partial charge >= 0.3 is 0 Å². The van der Waals surface area contributed by atoms with E-state index in [4.69, 9.17) is 28.4 Å². The molecule has 0 aliphatic rings. The van der Waals surface area contributed by atoms with E-state index < -0.39 is 0 Å². The van der Waals surface area contributed by atoms with Gasteiger partial charge in [0.2, 0.25) is 0 Å². The van der Waals surface area contributed by atoms with Gasteiger partial charge in [-0.3, -0.25) is 10.2 Å². The van der Waals surface area contributed by atoms with Crippen LogP contribution in [0.1, 0.15) is 306 Å². The third-order valence-electron chi connectivity index (χ3n) is 15.5. The molecule has 0 unspecified atom stereocenters. The molecule has 0 spiro atoms. The Morgan fingerprint density at radius 1 is 0.317 bits per heavy atom. The molecule has 4 rings (SSSR count). The van der Waals surface area contributed by atoms with Gasteiger partial charge in [-0.05, 0) is 73.2 Å². The largest absolute Gasteiger partial charge is 0.493 e. The lowest BCUT2D eigenvalue weighted by Crippen LogP contribution is -2.21. The molecule has 0 fully saturated rings. The van der Waals surface area contributed by atoms with Crippen LogP contribution in [0.15, 0.2) is 67.3 Å². The van der Waals surface area contributed by atoms with Crippen molar-refractivity contribution in [2.45, 2.75) is 298 Å². The van der Waals surface area contributed by atoms with Crippen LogP contribution in [0.4, 0.5) is 0 Å². The van der Waals surface area contributed by atoms with Gasteiger partial charge in [0.15, 0.2) is 0 Å². The monoisotopic (exact) mass is 1140 g/mol. The number of nitrogens with zero attached hydrogens (tertiary/aromatic N) is 3. The number of carbonyl (C=O) groups is 1. The zero-order chi connectivity index (χ0) is 58.0. The fourth-order valence-corrected chi connectivity index (χ4v) is 10.5. The quantitative estimate of drug-likeness (QED) is 0.0432. The number of rotatable bonds is 56. The van der Waals surface area contributed by atoms with E-state index >= 15 is 0 Å². The second-order valence-electron chi connectivity index (χ2n) is 23.3. The highest BCUT2D eigenvalue weighted by Gasteiger charge is 2.14. The zero-order valence-electron chi connectivity index (χ0n) is 52.6. The van der Waals surface area contributed by atoms with Crippen LogP contribution in [0.2, 0.25) is 0 Å². The summed E-state index contributed by atoms with van der Waals surface area (Å²) in [4.78, 5) is 13.8. The van der Waals surface area contributed by atoms with Gasteiger partial charge in [0.1, 0.15) is 60.4 Å². The van der Waals surface area contributed by atoms with Crippen molar-refractivity contribution >= 4 is 5.91 Å². The predicted molar refractivity (Wildman–Crippen MR) is 341 cm³/mol. The molecule has 0 radical (unpaired) electrons. The lowest BCUT2D eigenvalue weighted by molar-refractivity contribution is 0.101. The number of carbonyl (C=O) groups excluding carboxylic acids is 1. The summed E-state index contributed by atoms with van der Waals surface area (Å²) in [5, 5.41) is 7.72. The van der Waals surface area contributed by atoms with Crippen molar-refractivity contribution in [3.05, 3.63) is 83.9 Å². The first-order valence-electron chi connectivity index (χ1n) is 33.8. The maximum Gasteiger partial charge on any atom is 0.270 e. The van der Waals surface area contributed by atoms with Crippen molar-refractivity contribution in [2.75, 3.05) is 31.9 Å². The Morgan fingerprint density at radius 3 is 0.805 bits per heavy atom. The highest BCUT2D eigenvalue weighted by molar-refractivity contribution is 6.00. The maximum absolute atomic E-state index is 13.8. The number of unbranched alkanes of at least 4 members (excludes halogenated alkanes) is 36. The number of hydrogen-bond donors (Lipinski definition) is 1. The zero-order valence-corrected chi connectivity index (χ0v) is 52.6. The van der Waals surface area contributed by atoms with E-state index in [1.54, 1.807) is 12.1 Å². The van der Waals surface area contributed by atoms with Crippen LogP contribution in [0.25, 0.3) is 0 Å². The van der Waals surface area contributed by atoms with Gasteiger partial charge in [-0.25, -0.2) is 4.68 Å². The molecule has 0 saturated heterocycles. The minimum absolute atomic E-state index is 0.234. The summed E-state index contributed by atoms with van der Waals surface area (Å²) in [6.07, 6.45) is 54.0. The Kier molecular flexibility index (Phi) is 41.1. The standard InChI is InChI=1S/C71H116N4O7/c1-5-9-13-17-21-25-29-33-37-41-45-77-65-49-62(50-66(55-65)78-46-42-38-34-30-26-22-18-14-10-6-2)58-81-69-53-64(71(76)74-75-60-72-73-61-75)54-70(57-69)82-59-63-51-67(79-47-43-39-35-31-27-23-19-15-11-7-3)56-68(52-63)80-48-44-40-36-32-28-24-20-16-12-8-4/h49-57,60-61H,5-48,58-59H2,1-4H3,(H,74,76). The van der Waals surface area contributed by atoms with E-state index in [1.165, 1.54) is 248 Å². The summed E-state index contributed by atoms with van der Waals surface area (Å²) in [7, 11) is 0. The average molecular weight is 1140 g/mol. The Hall–Kier alpha value is -4.93. The second-order valence-corrected chi connectivity index (χ2v) is 23.3. The van der Waals surface area contributed by atoms with Gasteiger partial charge in [0.25, 0.3) is 5.91 Å². The molecule has 4 aromatic rings. The summed E-state index contributed by atoms with van der Waals surface area (Å²) in [6, 6.07) is 17.5. The minimum atomic E-state index is -0.356. The highest BCUT2D eigenvalue weighted by atomic mass is 16.5. The van der Waals surface area contributed by atoms with Crippen molar-refractivity contribution in [1.82, 2.24) is 14.9 Å². The highest BCUT2D eigenvalue weighted by Crippen LogP contribution is 2.30. The van der Waals surface area contributed by atoms with E-state index in [0.717, 1.165) is 59.8 Å². The van der Waals surface area contributed by atoms with E-state index in [-0.39, 0.29) is 19.1 Å². The molecule has 82 heavy (non-hydrogen) atoms. The fourth-order valence-electron chi connectivity index (χ4n) is 10.5. The normalized spacial score (nSPS) is 11.3. The molecule has 0 atom stereocenters. The number of nitrogens with one attached hydrogen (secondary N) is 1. The lowest BCUT2D eigenvalue weighted by Gasteiger charge is -2.16. The molecule has 1 amide bonds. The summed E-state index contributed by atoms with van der Waals surface area (Å²) in [5.41, 5.74) is 5.04. The summed E-state index contributed by atoms with van der Waals surface area (Å²) < 4.78 is 40.1.